The second-order valence-corrected chi connectivity index (χ2v) is 10.8. The Morgan fingerprint density at radius 1 is 1.22 bits per heavy atom. The first-order chi connectivity index (χ1) is 19.5. The summed E-state index contributed by atoms with van der Waals surface area (Å²) in [5, 5.41) is 26.3. The molecule has 1 aliphatic rings. The first kappa shape index (κ1) is 29.8. The number of para-hydroxylation sites is 1. The van der Waals surface area contributed by atoms with Gasteiger partial charge in [0.1, 0.15) is 11.8 Å². The van der Waals surface area contributed by atoms with Gasteiger partial charge in [-0.15, -0.1) is 0 Å². The topological polar surface area (TPSA) is 137 Å². The van der Waals surface area contributed by atoms with Crippen LogP contribution in [0.3, 0.4) is 0 Å². The molecule has 3 aromatic rings. The number of benzene rings is 2. The third-order valence-corrected chi connectivity index (χ3v) is 7.32. The van der Waals surface area contributed by atoms with Crippen molar-refractivity contribution in [1.29, 1.82) is 0 Å². The van der Waals surface area contributed by atoms with Gasteiger partial charge in [0.05, 0.1) is 35.2 Å². The van der Waals surface area contributed by atoms with E-state index in [1.807, 2.05) is 14.0 Å². The lowest BCUT2D eigenvalue weighted by molar-refractivity contribution is 0.0343. The molecule has 3 N–H and O–H groups in total. The number of aryl methyl sites for hydroxylation is 2. The maximum atomic E-state index is 13.7. The first-order valence-electron chi connectivity index (χ1n) is 13.5. The summed E-state index contributed by atoms with van der Waals surface area (Å²) in [4.78, 5) is 41.8. The van der Waals surface area contributed by atoms with Crippen LogP contribution in [0.2, 0.25) is 0 Å². The largest absolute Gasteiger partial charge is 0.486 e. The van der Waals surface area contributed by atoms with Gasteiger partial charge in [-0.05, 0) is 56.8 Å². The fourth-order valence-electron chi connectivity index (χ4n) is 5.01. The van der Waals surface area contributed by atoms with Crippen LogP contribution in [-0.2, 0) is 13.6 Å². The van der Waals surface area contributed by atoms with Crippen LogP contribution in [0.1, 0.15) is 56.3 Å². The summed E-state index contributed by atoms with van der Waals surface area (Å²) < 4.78 is 8.07. The lowest BCUT2D eigenvalue weighted by atomic mass is 9.98. The van der Waals surface area contributed by atoms with E-state index in [0.29, 0.717) is 42.3 Å². The molecular formula is C30H37N5O6. The number of hydrogen-bond donors (Lipinski definition) is 3. The molecule has 0 radical (unpaired) electrons. The molecule has 11 nitrogen and oxygen atoms in total. The van der Waals surface area contributed by atoms with Crippen molar-refractivity contribution in [2.24, 2.45) is 13.0 Å². The molecular weight excluding hydrogens is 526 g/mol. The zero-order valence-corrected chi connectivity index (χ0v) is 24.0. The highest BCUT2D eigenvalue weighted by Gasteiger charge is 2.34. The van der Waals surface area contributed by atoms with E-state index in [1.54, 1.807) is 74.3 Å². The van der Waals surface area contributed by atoms with Crippen LogP contribution in [0.5, 0.6) is 5.75 Å². The van der Waals surface area contributed by atoms with Gasteiger partial charge in [0.25, 0.3) is 11.8 Å². The number of amides is 2. The van der Waals surface area contributed by atoms with E-state index in [2.05, 4.69) is 15.3 Å². The number of ether oxygens (including phenoxy) is 1. The molecule has 0 saturated heterocycles. The number of aromatic carboxylic acids is 1. The Morgan fingerprint density at radius 2 is 1.93 bits per heavy atom. The lowest BCUT2D eigenvalue weighted by Crippen LogP contribution is -2.49. The van der Waals surface area contributed by atoms with Crippen LogP contribution in [0, 0.1) is 12.8 Å². The van der Waals surface area contributed by atoms with Crippen molar-refractivity contribution in [3.63, 3.8) is 0 Å². The maximum Gasteiger partial charge on any atom is 0.335 e. The summed E-state index contributed by atoms with van der Waals surface area (Å²) >= 11 is 0. The molecule has 11 heteroatoms. The number of hydrogen-bond acceptors (Lipinski definition) is 7. The van der Waals surface area contributed by atoms with E-state index < -0.39 is 12.0 Å². The van der Waals surface area contributed by atoms with Gasteiger partial charge in [0.2, 0.25) is 0 Å². The number of aromatic nitrogens is 2. The van der Waals surface area contributed by atoms with Crippen LogP contribution in [-0.4, -0.2) is 86.5 Å². The molecule has 0 aliphatic carbocycles. The standard InChI is InChI=1S/C30H37N5O6/c1-18-14-35(20(3)17-36)29(38)23-7-6-8-24(31-28(37)25-13-19(2)32-34(25)5)27(23)41-26(18)16-33(4)15-21-9-11-22(12-10-21)30(39)40/h6-13,18,20,26,36H,14-17H2,1-5H3,(H,31,37)(H,39,40)/t18-,20+,26+/m0/s1. The van der Waals surface area contributed by atoms with Crippen molar-refractivity contribution in [3.8, 4) is 5.75 Å². The number of rotatable bonds is 9. The normalized spacial score (nSPS) is 17.8. The van der Waals surface area contributed by atoms with Gasteiger partial charge >= 0.3 is 5.97 Å². The molecule has 0 fully saturated rings. The Morgan fingerprint density at radius 3 is 2.54 bits per heavy atom. The Kier molecular flexibility index (Phi) is 9.09. The second-order valence-electron chi connectivity index (χ2n) is 10.8. The van der Waals surface area contributed by atoms with Gasteiger partial charge in [0.15, 0.2) is 5.75 Å². The van der Waals surface area contributed by atoms with Crippen molar-refractivity contribution in [3.05, 3.63) is 76.6 Å². The SMILES string of the molecule is Cc1cc(C(=O)Nc2cccc3c2O[C@H](CN(C)Cc2ccc(C(=O)O)cc2)[C@@H](C)CN([C@H](C)CO)C3=O)n(C)n1. The van der Waals surface area contributed by atoms with Gasteiger partial charge in [-0.25, -0.2) is 4.79 Å². The first-order valence-corrected chi connectivity index (χ1v) is 13.5. The molecule has 0 unspecified atom stereocenters. The fourth-order valence-corrected chi connectivity index (χ4v) is 5.01. The monoisotopic (exact) mass is 563 g/mol. The van der Waals surface area contributed by atoms with Crippen molar-refractivity contribution < 1.29 is 29.3 Å². The van der Waals surface area contributed by atoms with Crippen LogP contribution < -0.4 is 10.1 Å². The molecule has 3 atom stereocenters. The van der Waals surface area contributed by atoms with Crippen molar-refractivity contribution in [2.75, 3.05) is 32.1 Å². The van der Waals surface area contributed by atoms with Crippen LogP contribution >= 0.6 is 0 Å². The minimum absolute atomic E-state index is 0.124. The number of nitrogens with zero attached hydrogens (tertiary/aromatic N) is 4. The highest BCUT2D eigenvalue weighted by atomic mass is 16.5. The van der Waals surface area contributed by atoms with E-state index in [4.69, 9.17) is 4.74 Å². The number of carboxylic acid groups (broad SMARTS) is 1. The number of anilines is 1. The lowest BCUT2D eigenvalue weighted by Gasteiger charge is -2.38. The Bertz CT molecular complexity index is 1420. The predicted octanol–water partition coefficient (Wildman–Crippen LogP) is 3.03. The van der Waals surface area contributed by atoms with E-state index >= 15 is 0 Å². The highest BCUT2D eigenvalue weighted by Crippen LogP contribution is 2.35. The van der Waals surface area contributed by atoms with Gasteiger partial charge in [-0.1, -0.05) is 25.1 Å². The van der Waals surface area contributed by atoms with E-state index in [-0.39, 0.29) is 41.8 Å². The van der Waals surface area contributed by atoms with Gasteiger partial charge < -0.3 is 25.2 Å². The van der Waals surface area contributed by atoms with Gasteiger partial charge in [-0.2, -0.15) is 5.10 Å². The average molecular weight is 564 g/mol. The van der Waals surface area contributed by atoms with Crippen molar-refractivity contribution in [2.45, 2.75) is 39.5 Å². The van der Waals surface area contributed by atoms with Crippen LogP contribution in [0.4, 0.5) is 5.69 Å². The van der Waals surface area contributed by atoms with E-state index in [9.17, 15) is 24.6 Å². The smallest absolute Gasteiger partial charge is 0.335 e. The Hall–Kier alpha value is -4.22. The molecule has 0 spiro atoms. The number of nitrogens with one attached hydrogen (secondary N) is 1. The third kappa shape index (κ3) is 6.75. The molecule has 0 saturated carbocycles. The van der Waals surface area contributed by atoms with Crippen molar-refractivity contribution in [1.82, 2.24) is 19.6 Å². The molecule has 2 heterocycles. The average Bonchev–Trinajstić information content (AvgIpc) is 3.28. The second kappa shape index (κ2) is 12.5. The quantitative estimate of drug-likeness (QED) is 0.361. The Labute approximate surface area is 239 Å². The summed E-state index contributed by atoms with van der Waals surface area (Å²) in [5.74, 6) is -1.49. The summed E-state index contributed by atoms with van der Waals surface area (Å²) in [5.41, 5.74) is 2.91. The Balaban J connectivity index is 1.65. The number of carboxylic acids is 1. The van der Waals surface area contributed by atoms with Crippen LogP contribution in [0.25, 0.3) is 0 Å². The molecule has 0 bridgehead atoms. The van der Waals surface area contributed by atoms with E-state index in [0.717, 1.165) is 5.56 Å². The summed E-state index contributed by atoms with van der Waals surface area (Å²) in [6, 6.07) is 13.1. The number of carbonyl (C=O) groups is 3. The third-order valence-electron chi connectivity index (χ3n) is 7.32. The molecule has 1 aromatic heterocycles. The molecule has 2 amide bonds. The van der Waals surface area contributed by atoms with E-state index in [1.165, 1.54) is 4.68 Å². The predicted molar refractivity (Wildman–Crippen MR) is 153 cm³/mol. The fraction of sp³-hybridized carbons (Fsp3) is 0.400. The summed E-state index contributed by atoms with van der Waals surface area (Å²) in [7, 11) is 3.63. The minimum Gasteiger partial charge on any atom is -0.486 e. The molecule has 4 rings (SSSR count). The number of aliphatic hydroxyl groups excluding tert-OH is 1. The molecule has 1 aliphatic heterocycles. The van der Waals surface area contributed by atoms with Gasteiger partial charge in [-0.3, -0.25) is 19.2 Å². The summed E-state index contributed by atoms with van der Waals surface area (Å²) in [6.45, 7) is 6.81. The number of carbonyl (C=O) groups excluding carboxylic acids is 2. The molecule has 2 aromatic carbocycles. The maximum absolute atomic E-state index is 13.7. The van der Waals surface area contributed by atoms with Crippen molar-refractivity contribution >= 4 is 23.5 Å². The van der Waals surface area contributed by atoms with Gasteiger partial charge in [0, 0.05) is 32.6 Å². The molecule has 218 valence electrons. The molecule has 41 heavy (non-hydrogen) atoms. The summed E-state index contributed by atoms with van der Waals surface area (Å²) in [6.07, 6.45) is -0.379. The van der Waals surface area contributed by atoms with Crippen LogP contribution in [0.15, 0.2) is 48.5 Å². The minimum atomic E-state index is -0.974. The number of aliphatic hydroxyl groups is 1. The zero-order chi connectivity index (χ0) is 29.8. The number of likely N-dealkylation sites (N-methyl/N-ethyl adjacent to an activating group) is 1. The zero-order valence-electron chi connectivity index (χ0n) is 24.0. The highest BCUT2D eigenvalue weighted by molar-refractivity contribution is 6.06. The number of fused-ring (bicyclic) bond motifs is 1.